The SMILES string of the molecule is C[Si](C)(C)C#Cc1c(Cl)cc(O)cc1Cl. The number of aromatic hydroxyl groups is 1. The van der Waals surface area contributed by atoms with Crippen LogP contribution in [0.15, 0.2) is 12.1 Å². The highest BCUT2D eigenvalue weighted by atomic mass is 35.5. The van der Waals surface area contributed by atoms with Gasteiger partial charge in [-0.05, 0) is 12.1 Å². The maximum Gasteiger partial charge on any atom is 0.129 e. The molecule has 1 rings (SSSR count). The van der Waals surface area contributed by atoms with E-state index in [2.05, 4.69) is 31.1 Å². The Morgan fingerprint density at radius 2 is 1.60 bits per heavy atom. The van der Waals surface area contributed by atoms with Gasteiger partial charge in [-0.3, -0.25) is 0 Å². The van der Waals surface area contributed by atoms with Gasteiger partial charge in [0, 0.05) is 0 Å². The van der Waals surface area contributed by atoms with Crippen molar-refractivity contribution >= 4 is 31.3 Å². The Morgan fingerprint density at radius 3 is 2.00 bits per heavy atom. The molecule has 1 N–H and O–H groups in total. The molecule has 1 aromatic rings. The summed E-state index contributed by atoms with van der Waals surface area (Å²) in [7, 11) is -1.44. The number of rotatable bonds is 0. The highest BCUT2D eigenvalue weighted by Crippen LogP contribution is 2.28. The van der Waals surface area contributed by atoms with E-state index in [1.54, 1.807) is 0 Å². The van der Waals surface area contributed by atoms with Crippen LogP contribution in [0.5, 0.6) is 5.75 Å². The van der Waals surface area contributed by atoms with Crippen molar-refractivity contribution < 1.29 is 5.11 Å². The standard InChI is InChI=1S/C11H12Cl2OSi/c1-15(2,3)5-4-9-10(12)6-8(14)7-11(9)13/h6-7,14H,1-3H3. The third-order valence-corrected chi connectivity index (χ3v) is 3.06. The van der Waals surface area contributed by atoms with Crippen LogP contribution in [0.25, 0.3) is 0 Å². The smallest absolute Gasteiger partial charge is 0.129 e. The van der Waals surface area contributed by atoms with Crippen LogP contribution in [0.4, 0.5) is 0 Å². The first-order valence-corrected chi connectivity index (χ1v) is 8.76. The maximum absolute atomic E-state index is 9.24. The van der Waals surface area contributed by atoms with E-state index in [0.717, 1.165) is 0 Å². The summed E-state index contributed by atoms with van der Waals surface area (Å²) in [5.41, 5.74) is 3.77. The predicted molar refractivity (Wildman–Crippen MR) is 68.4 cm³/mol. The van der Waals surface area contributed by atoms with Crippen LogP contribution in [-0.4, -0.2) is 13.2 Å². The average molecular weight is 259 g/mol. The van der Waals surface area contributed by atoms with E-state index in [1.165, 1.54) is 12.1 Å². The summed E-state index contributed by atoms with van der Waals surface area (Å²) in [6, 6.07) is 2.89. The summed E-state index contributed by atoms with van der Waals surface area (Å²) in [6.45, 7) is 6.42. The summed E-state index contributed by atoms with van der Waals surface area (Å²) >= 11 is 11.9. The first kappa shape index (κ1) is 12.4. The van der Waals surface area contributed by atoms with Gasteiger partial charge in [0.2, 0.25) is 0 Å². The summed E-state index contributed by atoms with van der Waals surface area (Å²) < 4.78 is 0. The molecule has 4 heteroatoms. The molecule has 0 aliphatic heterocycles. The minimum atomic E-state index is -1.44. The minimum Gasteiger partial charge on any atom is -0.508 e. The second-order valence-electron chi connectivity index (χ2n) is 4.28. The van der Waals surface area contributed by atoms with Crippen molar-refractivity contribution in [2.24, 2.45) is 0 Å². The van der Waals surface area contributed by atoms with Crippen molar-refractivity contribution in [3.8, 4) is 17.2 Å². The molecular formula is C11H12Cl2OSi. The lowest BCUT2D eigenvalue weighted by Crippen LogP contribution is -2.16. The normalized spacial score (nSPS) is 10.7. The number of phenols is 1. The molecule has 0 bridgehead atoms. The molecule has 80 valence electrons. The third kappa shape index (κ3) is 3.79. The number of phenolic OH excluding ortho intramolecular Hbond substituents is 1. The van der Waals surface area contributed by atoms with E-state index in [1.807, 2.05) is 0 Å². The van der Waals surface area contributed by atoms with E-state index in [4.69, 9.17) is 23.2 Å². The van der Waals surface area contributed by atoms with E-state index >= 15 is 0 Å². The predicted octanol–water partition coefficient (Wildman–Crippen LogP) is 3.93. The van der Waals surface area contributed by atoms with Crippen molar-refractivity contribution in [1.82, 2.24) is 0 Å². The first-order valence-electron chi connectivity index (χ1n) is 4.51. The molecule has 15 heavy (non-hydrogen) atoms. The lowest BCUT2D eigenvalue weighted by molar-refractivity contribution is 0.475. The number of benzene rings is 1. The van der Waals surface area contributed by atoms with Gasteiger partial charge in [-0.2, -0.15) is 0 Å². The second kappa shape index (κ2) is 4.48. The van der Waals surface area contributed by atoms with E-state index in [-0.39, 0.29) is 5.75 Å². The van der Waals surface area contributed by atoms with Crippen LogP contribution in [0.3, 0.4) is 0 Å². The zero-order valence-corrected chi connectivity index (χ0v) is 11.4. The van der Waals surface area contributed by atoms with Gasteiger partial charge < -0.3 is 5.11 Å². The fourth-order valence-electron chi connectivity index (χ4n) is 0.929. The molecule has 0 radical (unpaired) electrons. The molecule has 0 amide bonds. The Bertz CT molecular complexity index is 415. The molecule has 0 spiro atoms. The van der Waals surface area contributed by atoms with E-state index < -0.39 is 8.07 Å². The van der Waals surface area contributed by atoms with Gasteiger partial charge in [0.15, 0.2) is 0 Å². The zero-order valence-electron chi connectivity index (χ0n) is 8.86. The van der Waals surface area contributed by atoms with Crippen molar-refractivity contribution in [1.29, 1.82) is 0 Å². The van der Waals surface area contributed by atoms with Gasteiger partial charge in [-0.25, -0.2) is 0 Å². The van der Waals surface area contributed by atoms with Crippen LogP contribution in [0.1, 0.15) is 5.56 Å². The zero-order chi connectivity index (χ0) is 11.6. The molecule has 0 saturated heterocycles. The summed E-state index contributed by atoms with van der Waals surface area (Å²) in [5.74, 6) is 3.04. The molecule has 1 nitrogen and oxygen atoms in total. The summed E-state index contributed by atoms with van der Waals surface area (Å²) in [6.07, 6.45) is 0. The van der Waals surface area contributed by atoms with Crippen LogP contribution in [-0.2, 0) is 0 Å². The number of hydrogen-bond acceptors (Lipinski definition) is 1. The number of hydrogen-bond donors (Lipinski definition) is 1. The topological polar surface area (TPSA) is 20.2 Å². The Morgan fingerprint density at radius 1 is 1.13 bits per heavy atom. The van der Waals surface area contributed by atoms with Crippen molar-refractivity contribution in [2.75, 3.05) is 0 Å². The molecule has 0 aliphatic rings. The fraction of sp³-hybridized carbons (Fsp3) is 0.273. The fourth-order valence-corrected chi connectivity index (χ4v) is 2.00. The molecule has 1 aromatic carbocycles. The van der Waals surface area contributed by atoms with Crippen LogP contribution >= 0.6 is 23.2 Å². The molecule has 0 aromatic heterocycles. The molecule has 0 atom stereocenters. The highest BCUT2D eigenvalue weighted by molar-refractivity contribution is 6.83. The van der Waals surface area contributed by atoms with Crippen molar-refractivity contribution in [2.45, 2.75) is 19.6 Å². The highest BCUT2D eigenvalue weighted by Gasteiger charge is 2.10. The largest absolute Gasteiger partial charge is 0.508 e. The Labute approximate surface area is 101 Å². The lowest BCUT2D eigenvalue weighted by atomic mass is 10.2. The monoisotopic (exact) mass is 258 g/mol. The van der Waals surface area contributed by atoms with Crippen LogP contribution in [0.2, 0.25) is 29.7 Å². The van der Waals surface area contributed by atoms with Gasteiger partial charge in [0.25, 0.3) is 0 Å². The minimum absolute atomic E-state index is 0.0588. The Balaban J connectivity index is 3.20. The molecule has 0 fully saturated rings. The third-order valence-electron chi connectivity index (χ3n) is 1.59. The van der Waals surface area contributed by atoms with E-state index in [9.17, 15) is 5.11 Å². The summed E-state index contributed by atoms with van der Waals surface area (Å²) in [5, 5.41) is 10.0. The maximum atomic E-state index is 9.24. The van der Waals surface area contributed by atoms with E-state index in [0.29, 0.717) is 15.6 Å². The first-order chi connectivity index (χ1) is 6.79. The Hall–Kier alpha value is -0.623. The van der Waals surface area contributed by atoms with Crippen molar-refractivity contribution in [3.63, 3.8) is 0 Å². The quantitative estimate of drug-likeness (QED) is 0.553. The van der Waals surface area contributed by atoms with Gasteiger partial charge in [0.1, 0.15) is 13.8 Å². The molecule has 0 saturated carbocycles. The number of halogens is 2. The summed E-state index contributed by atoms with van der Waals surface area (Å²) in [4.78, 5) is 0. The van der Waals surface area contributed by atoms with Gasteiger partial charge >= 0.3 is 0 Å². The van der Waals surface area contributed by atoms with Crippen molar-refractivity contribution in [3.05, 3.63) is 27.7 Å². The molecule has 0 unspecified atom stereocenters. The lowest BCUT2D eigenvalue weighted by Gasteiger charge is -2.05. The second-order valence-corrected chi connectivity index (χ2v) is 9.85. The Kier molecular flexibility index (Phi) is 3.72. The van der Waals surface area contributed by atoms with Crippen LogP contribution < -0.4 is 0 Å². The van der Waals surface area contributed by atoms with Gasteiger partial charge in [-0.15, -0.1) is 5.54 Å². The van der Waals surface area contributed by atoms with Gasteiger partial charge in [-0.1, -0.05) is 48.8 Å². The molecular weight excluding hydrogens is 247 g/mol. The molecule has 0 aliphatic carbocycles. The van der Waals surface area contributed by atoms with Gasteiger partial charge in [0.05, 0.1) is 15.6 Å². The molecule has 0 heterocycles. The average Bonchev–Trinajstić information content (AvgIpc) is 1.99. The van der Waals surface area contributed by atoms with Crippen LogP contribution in [0, 0.1) is 11.5 Å².